The first kappa shape index (κ1) is 27.2. The van der Waals surface area contributed by atoms with Crippen molar-refractivity contribution >= 4 is 52.9 Å². The summed E-state index contributed by atoms with van der Waals surface area (Å²) in [4.78, 5) is 28.1. The largest absolute Gasteiger partial charge is 0.375 e. The van der Waals surface area contributed by atoms with E-state index in [-0.39, 0.29) is 36.4 Å². The first-order valence-electron chi connectivity index (χ1n) is 10.2. The van der Waals surface area contributed by atoms with Crippen molar-refractivity contribution in [2.75, 3.05) is 59.3 Å². The minimum atomic E-state index is -0.0120. The van der Waals surface area contributed by atoms with Crippen molar-refractivity contribution in [3.63, 3.8) is 0 Å². The maximum Gasteiger partial charge on any atom is 0.243 e. The number of halogens is 1. The molecule has 2 rings (SSSR count). The van der Waals surface area contributed by atoms with Crippen molar-refractivity contribution < 1.29 is 4.79 Å². The van der Waals surface area contributed by atoms with E-state index in [1.165, 1.54) is 10.6 Å². The number of hydrogen-bond acceptors (Lipinski definition) is 5. The van der Waals surface area contributed by atoms with E-state index in [0.717, 1.165) is 43.4 Å². The van der Waals surface area contributed by atoms with Crippen molar-refractivity contribution in [3.8, 4) is 0 Å². The van der Waals surface area contributed by atoms with Gasteiger partial charge in [0.1, 0.15) is 6.54 Å². The first-order valence-corrected chi connectivity index (χ1v) is 11.1. The molecule has 0 aliphatic rings. The van der Waals surface area contributed by atoms with E-state index in [9.17, 15) is 4.79 Å². The number of carbonyl (C=O) groups excluding carboxylic acids is 1. The molecule has 7 nitrogen and oxygen atoms in total. The molecule has 1 N–H and O–H groups in total. The highest BCUT2D eigenvalue weighted by molar-refractivity contribution is 14.0. The van der Waals surface area contributed by atoms with Crippen molar-refractivity contribution in [1.29, 1.82) is 0 Å². The summed E-state index contributed by atoms with van der Waals surface area (Å²) in [6.45, 7) is 4.72. The van der Waals surface area contributed by atoms with Gasteiger partial charge in [0.25, 0.3) is 0 Å². The number of rotatable bonds is 10. The van der Waals surface area contributed by atoms with Crippen LogP contribution in [0.15, 0.2) is 41.5 Å². The number of thiazole rings is 1. The van der Waals surface area contributed by atoms with Crippen LogP contribution >= 0.6 is 35.3 Å². The van der Waals surface area contributed by atoms with Crippen molar-refractivity contribution in [2.45, 2.75) is 19.8 Å². The van der Waals surface area contributed by atoms with Gasteiger partial charge in [-0.15, -0.1) is 35.3 Å². The SMILES string of the molecule is Cc1cnc(CCN(C)C(=NCC(=O)N(C)C)NCCCN(C)c2ccccc2)s1.I. The van der Waals surface area contributed by atoms with E-state index >= 15 is 0 Å². The van der Waals surface area contributed by atoms with E-state index in [2.05, 4.69) is 63.3 Å². The van der Waals surface area contributed by atoms with Crippen LogP contribution in [-0.4, -0.2) is 81.0 Å². The molecule has 0 radical (unpaired) electrons. The summed E-state index contributed by atoms with van der Waals surface area (Å²) in [6, 6.07) is 10.4. The Labute approximate surface area is 207 Å². The number of aromatic nitrogens is 1. The Bertz CT molecular complexity index is 811. The summed E-state index contributed by atoms with van der Waals surface area (Å²) in [5, 5.41) is 4.54. The summed E-state index contributed by atoms with van der Waals surface area (Å²) in [6.07, 6.45) is 3.73. The lowest BCUT2D eigenvalue weighted by atomic mass is 10.3. The van der Waals surface area contributed by atoms with Gasteiger partial charge in [0, 0.05) is 71.0 Å². The first-order chi connectivity index (χ1) is 14.4. The summed E-state index contributed by atoms with van der Waals surface area (Å²) < 4.78 is 0. The number of anilines is 1. The van der Waals surface area contributed by atoms with Gasteiger partial charge in [0.15, 0.2) is 5.96 Å². The monoisotopic (exact) mass is 558 g/mol. The summed E-state index contributed by atoms with van der Waals surface area (Å²) in [5.41, 5.74) is 1.21. The number of hydrogen-bond donors (Lipinski definition) is 1. The van der Waals surface area contributed by atoms with Gasteiger partial charge in [-0.2, -0.15) is 0 Å². The van der Waals surface area contributed by atoms with Crippen molar-refractivity contribution in [1.82, 2.24) is 20.1 Å². The number of aliphatic imine (C=N–C) groups is 1. The molecule has 31 heavy (non-hydrogen) atoms. The predicted molar refractivity (Wildman–Crippen MR) is 142 cm³/mol. The maximum atomic E-state index is 12.0. The molecule has 0 bridgehead atoms. The van der Waals surface area contributed by atoms with Crippen LogP contribution in [0.5, 0.6) is 0 Å². The molecule has 1 aromatic carbocycles. The van der Waals surface area contributed by atoms with E-state index in [1.54, 1.807) is 30.3 Å². The normalized spacial score (nSPS) is 10.9. The molecule has 1 aromatic heterocycles. The molecule has 0 saturated carbocycles. The number of likely N-dealkylation sites (N-methyl/N-ethyl adjacent to an activating group) is 2. The molecule has 0 aliphatic carbocycles. The van der Waals surface area contributed by atoms with E-state index in [0.29, 0.717) is 0 Å². The van der Waals surface area contributed by atoms with Crippen LogP contribution in [0.25, 0.3) is 0 Å². The maximum absolute atomic E-state index is 12.0. The van der Waals surface area contributed by atoms with Crippen LogP contribution in [0.2, 0.25) is 0 Å². The van der Waals surface area contributed by atoms with Gasteiger partial charge in [-0.05, 0) is 25.5 Å². The molecule has 9 heteroatoms. The second-order valence-corrected chi connectivity index (χ2v) is 8.82. The number of nitrogens with zero attached hydrogens (tertiary/aromatic N) is 5. The standard InChI is InChI=1S/C22H34N6OS.HI/c1-18-16-24-20(30-18)12-15-28(5)22(25-17-21(29)26(2)3)23-13-9-14-27(4)19-10-7-6-8-11-19;/h6-8,10-11,16H,9,12-15,17H2,1-5H3,(H,23,25);1H. The Morgan fingerprint density at radius 1 is 1.13 bits per heavy atom. The molecule has 1 amide bonds. The zero-order valence-corrected chi connectivity index (χ0v) is 22.3. The Morgan fingerprint density at radius 2 is 1.84 bits per heavy atom. The fourth-order valence-electron chi connectivity index (χ4n) is 2.81. The number of nitrogens with one attached hydrogen (secondary N) is 1. The third-order valence-electron chi connectivity index (χ3n) is 4.71. The zero-order chi connectivity index (χ0) is 21.9. The lowest BCUT2D eigenvalue weighted by Gasteiger charge is -2.23. The number of amides is 1. The average Bonchev–Trinajstić information content (AvgIpc) is 3.16. The minimum Gasteiger partial charge on any atom is -0.375 e. The molecule has 0 aliphatic heterocycles. The van der Waals surface area contributed by atoms with E-state index in [4.69, 9.17) is 0 Å². The highest BCUT2D eigenvalue weighted by atomic mass is 127. The molecule has 172 valence electrons. The van der Waals surface area contributed by atoms with Gasteiger partial charge in [0.05, 0.1) is 5.01 Å². The Morgan fingerprint density at radius 3 is 2.45 bits per heavy atom. The minimum absolute atomic E-state index is 0. The fraction of sp³-hybridized carbons (Fsp3) is 0.500. The quantitative estimate of drug-likeness (QED) is 0.210. The van der Waals surface area contributed by atoms with E-state index < -0.39 is 0 Å². The predicted octanol–water partition coefficient (Wildman–Crippen LogP) is 3.10. The van der Waals surface area contributed by atoms with Crippen LogP contribution in [0.4, 0.5) is 5.69 Å². The van der Waals surface area contributed by atoms with Crippen molar-refractivity contribution in [2.24, 2.45) is 4.99 Å². The molecular formula is C22H35IN6OS. The fourth-order valence-corrected chi connectivity index (χ4v) is 3.59. The highest BCUT2D eigenvalue weighted by Gasteiger charge is 2.10. The zero-order valence-electron chi connectivity index (χ0n) is 19.2. The molecule has 1 heterocycles. The highest BCUT2D eigenvalue weighted by Crippen LogP contribution is 2.12. The molecule has 0 unspecified atom stereocenters. The molecule has 0 saturated heterocycles. The number of aryl methyl sites for hydroxylation is 1. The van der Waals surface area contributed by atoms with Crippen molar-refractivity contribution in [3.05, 3.63) is 46.4 Å². The Kier molecular flexibility index (Phi) is 12.5. The number of guanidine groups is 1. The summed E-state index contributed by atoms with van der Waals surface area (Å²) in [7, 11) is 7.60. The molecule has 0 fully saturated rings. The number of benzene rings is 1. The third kappa shape index (κ3) is 9.86. The Balaban J connectivity index is 0.00000480. The smallest absolute Gasteiger partial charge is 0.243 e. The van der Waals surface area contributed by atoms with Crippen LogP contribution in [-0.2, 0) is 11.2 Å². The van der Waals surface area contributed by atoms with Crippen LogP contribution < -0.4 is 10.2 Å². The lowest BCUT2D eigenvalue weighted by molar-refractivity contribution is -0.127. The third-order valence-corrected chi connectivity index (χ3v) is 5.68. The van der Waals surface area contributed by atoms with Gasteiger partial charge >= 0.3 is 0 Å². The van der Waals surface area contributed by atoms with Gasteiger partial charge in [0.2, 0.25) is 5.91 Å². The van der Waals surface area contributed by atoms with Gasteiger partial charge in [-0.25, -0.2) is 9.98 Å². The van der Waals surface area contributed by atoms with Gasteiger partial charge in [-0.1, -0.05) is 18.2 Å². The number of carbonyl (C=O) groups is 1. The van der Waals surface area contributed by atoms with Crippen LogP contribution in [0.3, 0.4) is 0 Å². The second kappa shape index (κ2) is 14.2. The van der Waals surface area contributed by atoms with Crippen LogP contribution in [0, 0.1) is 6.92 Å². The average molecular weight is 559 g/mol. The summed E-state index contributed by atoms with van der Waals surface area (Å²) >= 11 is 1.72. The van der Waals surface area contributed by atoms with Gasteiger partial charge < -0.3 is 20.0 Å². The van der Waals surface area contributed by atoms with Crippen LogP contribution in [0.1, 0.15) is 16.3 Å². The Hall–Kier alpha value is -1.88. The lowest BCUT2D eigenvalue weighted by Crippen LogP contribution is -2.41. The molecule has 0 spiro atoms. The molecule has 2 aromatic rings. The van der Waals surface area contributed by atoms with Gasteiger partial charge in [-0.3, -0.25) is 4.79 Å². The van der Waals surface area contributed by atoms with E-state index in [1.807, 2.05) is 19.3 Å². The second-order valence-electron chi connectivity index (χ2n) is 7.50. The topological polar surface area (TPSA) is 64.1 Å². The number of para-hydroxylation sites is 1. The molecule has 0 atom stereocenters. The summed E-state index contributed by atoms with van der Waals surface area (Å²) in [5.74, 6) is 0.739. The molecular weight excluding hydrogens is 523 g/mol.